The number of carbonyl (C=O) groups is 1. The fourth-order valence-electron chi connectivity index (χ4n) is 3.04. The normalized spacial score (nSPS) is 16.7. The zero-order chi connectivity index (χ0) is 16.5. The number of nitrogens with one attached hydrogen (secondary N) is 1. The van der Waals surface area contributed by atoms with Gasteiger partial charge in [-0.25, -0.2) is 4.79 Å². The van der Waals surface area contributed by atoms with Crippen LogP contribution in [0.5, 0.6) is 0 Å². The predicted molar refractivity (Wildman–Crippen MR) is 96.7 cm³/mol. The highest BCUT2D eigenvalue weighted by molar-refractivity contribution is 7.15. The molecule has 0 saturated heterocycles. The minimum Gasteiger partial charge on any atom is -0.313 e. The molecule has 2 aromatic heterocycles. The molecule has 122 valence electrons. The van der Waals surface area contributed by atoms with E-state index < -0.39 is 0 Å². The minimum absolute atomic E-state index is 0.0600. The summed E-state index contributed by atoms with van der Waals surface area (Å²) >= 11 is 3.15. The smallest absolute Gasteiger partial charge is 0.313 e. The van der Waals surface area contributed by atoms with Crippen molar-refractivity contribution in [1.29, 1.82) is 0 Å². The van der Waals surface area contributed by atoms with Crippen LogP contribution in [0, 0.1) is 6.92 Å². The molecule has 0 bridgehead atoms. The van der Waals surface area contributed by atoms with Crippen LogP contribution in [0.15, 0.2) is 41.8 Å². The Morgan fingerprint density at radius 2 is 2.08 bits per heavy atom. The van der Waals surface area contributed by atoms with Gasteiger partial charge in [0.15, 0.2) is 0 Å². The van der Waals surface area contributed by atoms with Gasteiger partial charge in [-0.3, -0.25) is 5.32 Å². The first-order valence-electron chi connectivity index (χ1n) is 7.71. The Labute approximate surface area is 148 Å². The Balaban J connectivity index is 1.67. The van der Waals surface area contributed by atoms with Crippen LogP contribution in [0.1, 0.15) is 27.1 Å². The molecule has 1 atom stereocenters. The highest BCUT2D eigenvalue weighted by Gasteiger charge is 2.33. The highest BCUT2D eigenvalue weighted by atomic mass is 32.1. The number of urea groups is 1. The van der Waals surface area contributed by atoms with Gasteiger partial charge in [0.25, 0.3) is 0 Å². The molecular formula is C17H16N4OS2. The average molecular weight is 356 g/mol. The van der Waals surface area contributed by atoms with Crippen molar-refractivity contribution in [2.75, 3.05) is 11.9 Å². The van der Waals surface area contributed by atoms with Gasteiger partial charge < -0.3 is 4.90 Å². The van der Waals surface area contributed by atoms with E-state index in [1.807, 2.05) is 30.0 Å². The third kappa shape index (κ3) is 2.81. The molecule has 1 aromatic carbocycles. The van der Waals surface area contributed by atoms with Crippen LogP contribution >= 0.6 is 22.7 Å². The first-order chi connectivity index (χ1) is 11.7. The number of hydrogen-bond donors (Lipinski definition) is 1. The van der Waals surface area contributed by atoms with Gasteiger partial charge in [0.05, 0.1) is 6.04 Å². The van der Waals surface area contributed by atoms with Gasteiger partial charge in [0, 0.05) is 11.4 Å². The quantitative estimate of drug-likeness (QED) is 0.752. The van der Waals surface area contributed by atoms with Gasteiger partial charge in [-0.15, -0.1) is 21.5 Å². The van der Waals surface area contributed by atoms with E-state index in [1.165, 1.54) is 21.8 Å². The lowest BCUT2D eigenvalue weighted by Gasteiger charge is -2.36. The lowest BCUT2D eigenvalue weighted by atomic mass is 9.93. The maximum Gasteiger partial charge on any atom is 0.324 e. The summed E-state index contributed by atoms with van der Waals surface area (Å²) in [4.78, 5) is 16.1. The number of rotatable bonds is 2. The van der Waals surface area contributed by atoms with Crippen molar-refractivity contribution >= 4 is 33.8 Å². The summed E-state index contributed by atoms with van der Waals surface area (Å²) in [5.74, 6) is 0. The molecule has 1 unspecified atom stereocenters. The summed E-state index contributed by atoms with van der Waals surface area (Å²) in [5, 5.41) is 14.3. The summed E-state index contributed by atoms with van der Waals surface area (Å²) in [7, 11) is 0. The van der Waals surface area contributed by atoms with Crippen LogP contribution in [-0.4, -0.2) is 27.7 Å². The van der Waals surface area contributed by atoms with Gasteiger partial charge in [-0.2, -0.15) is 0 Å². The van der Waals surface area contributed by atoms with E-state index in [-0.39, 0.29) is 12.1 Å². The molecule has 0 fully saturated rings. The van der Waals surface area contributed by atoms with Crippen molar-refractivity contribution in [3.63, 3.8) is 0 Å². The SMILES string of the molecule is Cc1nnc(NC(=O)N2CCc3sccc3C2c2ccccc2)s1. The minimum atomic E-state index is -0.128. The third-order valence-corrected chi connectivity index (χ3v) is 5.83. The maximum absolute atomic E-state index is 12.8. The Bertz CT molecular complexity index is 858. The van der Waals surface area contributed by atoms with Crippen LogP contribution in [0.4, 0.5) is 9.93 Å². The van der Waals surface area contributed by atoms with Crippen molar-refractivity contribution < 1.29 is 4.79 Å². The highest BCUT2D eigenvalue weighted by Crippen LogP contribution is 2.38. The Hall–Kier alpha value is -2.25. The molecule has 3 heterocycles. The summed E-state index contributed by atoms with van der Waals surface area (Å²) in [6.07, 6.45) is 0.888. The standard InChI is InChI=1S/C17H16N4OS2/c1-11-19-20-16(24-11)18-17(22)21-9-7-14-13(8-10-23-14)15(21)12-5-3-2-4-6-12/h2-6,8,10,15H,7,9H2,1H3,(H,18,20,22). The molecule has 0 spiro atoms. The number of carbonyl (C=O) groups excluding carboxylic acids is 1. The lowest BCUT2D eigenvalue weighted by molar-refractivity contribution is 0.194. The number of nitrogens with zero attached hydrogens (tertiary/aromatic N) is 3. The van der Waals surface area contributed by atoms with E-state index in [2.05, 4.69) is 39.1 Å². The zero-order valence-corrected chi connectivity index (χ0v) is 14.7. The van der Waals surface area contributed by atoms with Crippen LogP contribution in [0.2, 0.25) is 0 Å². The van der Waals surface area contributed by atoms with Crippen LogP contribution < -0.4 is 5.32 Å². The molecule has 0 radical (unpaired) electrons. The average Bonchev–Trinajstić information content (AvgIpc) is 3.23. The molecule has 1 aliphatic rings. The molecule has 4 rings (SSSR count). The number of hydrogen-bond acceptors (Lipinski definition) is 5. The van der Waals surface area contributed by atoms with E-state index in [0.29, 0.717) is 11.7 Å². The molecule has 1 N–H and O–H groups in total. The number of aromatic nitrogens is 2. The zero-order valence-electron chi connectivity index (χ0n) is 13.1. The molecule has 24 heavy (non-hydrogen) atoms. The number of amides is 2. The fourth-order valence-corrected chi connectivity index (χ4v) is 4.53. The van der Waals surface area contributed by atoms with Crippen molar-refractivity contribution in [1.82, 2.24) is 15.1 Å². The number of anilines is 1. The van der Waals surface area contributed by atoms with Crippen molar-refractivity contribution in [3.05, 3.63) is 62.8 Å². The van der Waals surface area contributed by atoms with Gasteiger partial charge in [-0.1, -0.05) is 41.7 Å². The van der Waals surface area contributed by atoms with E-state index in [0.717, 1.165) is 17.0 Å². The maximum atomic E-state index is 12.8. The Morgan fingerprint density at radius 1 is 1.25 bits per heavy atom. The summed E-state index contributed by atoms with van der Waals surface area (Å²) in [6.45, 7) is 2.56. The van der Waals surface area contributed by atoms with Gasteiger partial charge in [0.1, 0.15) is 5.01 Å². The molecule has 3 aromatic rings. The Morgan fingerprint density at radius 3 is 2.83 bits per heavy atom. The summed E-state index contributed by atoms with van der Waals surface area (Å²) < 4.78 is 0. The first kappa shape index (κ1) is 15.3. The fraction of sp³-hybridized carbons (Fsp3) is 0.235. The molecule has 1 aliphatic heterocycles. The first-order valence-corrected chi connectivity index (χ1v) is 9.41. The van der Waals surface area contributed by atoms with E-state index in [9.17, 15) is 4.79 Å². The van der Waals surface area contributed by atoms with E-state index in [1.54, 1.807) is 11.3 Å². The summed E-state index contributed by atoms with van der Waals surface area (Å²) in [6, 6.07) is 12.1. The molecule has 0 saturated carbocycles. The monoisotopic (exact) mass is 356 g/mol. The van der Waals surface area contributed by atoms with Crippen LogP contribution in [0.25, 0.3) is 0 Å². The number of fused-ring (bicyclic) bond motifs is 1. The van der Waals surface area contributed by atoms with E-state index >= 15 is 0 Å². The number of aryl methyl sites for hydroxylation is 1. The van der Waals surface area contributed by atoms with Crippen molar-refractivity contribution in [2.45, 2.75) is 19.4 Å². The second kappa shape index (κ2) is 6.33. The van der Waals surface area contributed by atoms with Crippen molar-refractivity contribution in [3.8, 4) is 0 Å². The van der Waals surface area contributed by atoms with Gasteiger partial charge in [-0.05, 0) is 35.9 Å². The second-order valence-electron chi connectivity index (χ2n) is 5.61. The van der Waals surface area contributed by atoms with Crippen LogP contribution in [-0.2, 0) is 6.42 Å². The largest absolute Gasteiger partial charge is 0.324 e. The Kier molecular flexibility index (Phi) is 4.03. The second-order valence-corrected chi connectivity index (χ2v) is 7.79. The summed E-state index contributed by atoms with van der Waals surface area (Å²) in [5.41, 5.74) is 2.35. The van der Waals surface area contributed by atoms with E-state index in [4.69, 9.17) is 0 Å². The molecular weight excluding hydrogens is 340 g/mol. The number of thiophene rings is 1. The topological polar surface area (TPSA) is 58.1 Å². The van der Waals surface area contributed by atoms with Crippen molar-refractivity contribution in [2.24, 2.45) is 0 Å². The lowest BCUT2D eigenvalue weighted by Crippen LogP contribution is -2.42. The molecule has 7 heteroatoms. The van der Waals surface area contributed by atoms with Crippen LogP contribution in [0.3, 0.4) is 0 Å². The molecule has 0 aliphatic carbocycles. The van der Waals surface area contributed by atoms with Gasteiger partial charge >= 0.3 is 6.03 Å². The predicted octanol–water partition coefficient (Wildman–Crippen LogP) is 4.09. The number of benzene rings is 1. The third-order valence-electron chi connectivity index (χ3n) is 4.08. The molecule has 5 nitrogen and oxygen atoms in total. The van der Waals surface area contributed by atoms with Gasteiger partial charge in [0.2, 0.25) is 5.13 Å². The molecule has 2 amide bonds.